The molecule has 1 heterocycles. The Balaban J connectivity index is 1.51. The van der Waals surface area contributed by atoms with E-state index in [-0.39, 0.29) is 11.8 Å². The summed E-state index contributed by atoms with van der Waals surface area (Å²) in [6, 6.07) is 23.1. The van der Waals surface area contributed by atoms with Crippen LogP contribution >= 0.6 is 0 Å². The normalized spacial score (nSPS) is 12.8. The average molecular weight is 342 g/mol. The SMILES string of the molecule is CN1C(=O)Cc2cc(NC(=O)c3ccc(-c4ccccc4)cc3)ccc21. The summed E-state index contributed by atoms with van der Waals surface area (Å²) in [4.78, 5) is 25.9. The summed E-state index contributed by atoms with van der Waals surface area (Å²) >= 11 is 0. The molecule has 1 aliphatic rings. The van der Waals surface area contributed by atoms with Gasteiger partial charge in [0.05, 0.1) is 6.42 Å². The number of fused-ring (bicyclic) bond motifs is 1. The third-order valence-corrected chi connectivity index (χ3v) is 4.67. The Labute approximate surface area is 152 Å². The quantitative estimate of drug-likeness (QED) is 0.778. The summed E-state index contributed by atoms with van der Waals surface area (Å²) in [5.74, 6) is -0.0952. The summed E-state index contributed by atoms with van der Waals surface area (Å²) in [5, 5.41) is 2.91. The molecule has 0 aliphatic carbocycles. The molecule has 2 amide bonds. The van der Waals surface area contributed by atoms with Gasteiger partial charge in [0.15, 0.2) is 0 Å². The summed E-state index contributed by atoms with van der Waals surface area (Å²) in [6.07, 6.45) is 0.376. The first-order valence-corrected chi connectivity index (χ1v) is 8.48. The van der Waals surface area contributed by atoms with Gasteiger partial charge in [0, 0.05) is 24.0 Å². The second-order valence-corrected chi connectivity index (χ2v) is 6.37. The number of rotatable bonds is 3. The van der Waals surface area contributed by atoms with E-state index in [9.17, 15) is 9.59 Å². The number of hydrogen-bond donors (Lipinski definition) is 1. The predicted molar refractivity (Wildman–Crippen MR) is 103 cm³/mol. The van der Waals surface area contributed by atoms with Crippen molar-refractivity contribution in [1.82, 2.24) is 0 Å². The summed E-state index contributed by atoms with van der Waals surface area (Å²) in [5.41, 5.74) is 5.32. The summed E-state index contributed by atoms with van der Waals surface area (Å²) < 4.78 is 0. The summed E-state index contributed by atoms with van der Waals surface area (Å²) in [6.45, 7) is 0. The number of carbonyl (C=O) groups excluding carboxylic acids is 2. The minimum atomic E-state index is -0.165. The van der Waals surface area contributed by atoms with Crippen molar-refractivity contribution in [3.63, 3.8) is 0 Å². The first-order valence-electron chi connectivity index (χ1n) is 8.48. The average Bonchev–Trinajstić information content (AvgIpc) is 2.96. The van der Waals surface area contributed by atoms with Crippen LogP contribution in [0.1, 0.15) is 15.9 Å². The number of likely N-dealkylation sites (N-methyl/N-ethyl adjacent to an activating group) is 1. The molecule has 4 rings (SSSR count). The molecule has 4 heteroatoms. The van der Waals surface area contributed by atoms with E-state index >= 15 is 0 Å². The highest BCUT2D eigenvalue weighted by Crippen LogP contribution is 2.30. The van der Waals surface area contributed by atoms with E-state index in [4.69, 9.17) is 0 Å². The number of anilines is 2. The van der Waals surface area contributed by atoms with Gasteiger partial charge in [-0.3, -0.25) is 9.59 Å². The van der Waals surface area contributed by atoms with Crippen LogP contribution < -0.4 is 10.2 Å². The number of nitrogens with zero attached hydrogens (tertiary/aromatic N) is 1. The van der Waals surface area contributed by atoms with Gasteiger partial charge < -0.3 is 10.2 Å². The van der Waals surface area contributed by atoms with Crippen molar-refractivity contribution in [2.45, 2.75) is 6.42 Å². The minimum absolute atomic E-state index is 0.0694. The molecule has 3 aromatic carbocycles. The Morgan fingerprint density at radius 3 is 2.35 bits per heavy atom. The lowest BCUT2D eigenvalue weighted by molar-refractivity contribution is -0.117. The third kappa shape index (κ3) is 2.97. The Hall–Kier alpha value is -3.40. The van der Waals surface area contributed by atoms with Crippen LogP contribution in [0.15, 0.2) is 72.8 Å². The first-order chi connectivity index (χ1) is 12.6. The molecule has 0 atom stereocenters. The number of carbonyl (C=O) groups is 2. The molecule has 0 aromatic heterocycles. The van der Waals surface area contributed by atoms with Gasteiger partial charge in [-0.2, -0.15) is 0 Å². The van der Waals surface area contributed by atoms with Crippen molar-refractivity contribution in [2.75, 3.05) is 17.3 Å². The zero-order chi connectivity index (χ0) is 18.1. The lowest BCUT2D eigenvalue weighted by Crippen LogP contribution is -2.20. The van der Waals surface area contributed by atoms with Crippen LogP contribution in [0.5, 0.6) is 0 Å². The molecule has 0 fully saturated rings. The van der Waals surface area contributed by atoms with Gasteiger partial charge >= 0.3 is 0 Å². The maximum absolute atomic E-state index is 12.5. The van der Waals surface area contributed by atoms with E-state index in [0.29, 0.717) is 17.7 Å². The Morgan fingerprint density at radius 2 is 1.62 bits per heavy atom. The van der Waals surface area contributed by atoms with Crippen LogP contribution in [-0.2, 0) is 11.2 Å². The van der Waals surface area contributed by atoms with Gasteiger partial charge in [-0.25, -0.2) is 0 Å². The Kier molecular flexibility index (Phi) is 4.01. The fourth-order valence-electron chi connectivity index (χ4n) is 3.20. The van der Waals surface area contributed by atoms with Gasteiger partial charge in [0.1, 0.15) is 0 Å². The highest BCUT2D eigenvalue weighted by atomic mass is 16.2. The van der Waals surface area contributed by atoms with Crippen LogP contribution in [0.4, 0.5) is 11.4 Å². The maximum atomic E-state index is 12.5. The van der Waals surface area contributed by atoms with Crippen molar-refractivity contribution < 1.29 is 9.59 Å². The van der Waals surface area contributed by atoms with E-state index in [1.165, 1.54) is 0 Å². The van der Waals surface area contributed by atoms with E-state index < -0.39 is 0 Å². The molecule has 0 saturated carbocycles. The van der Waals surface area contributed by atoms with Gasteiger partial charge in [-0.15, -0.1) is 0 Å². The molecular weight excluding hydrogens is 324 g/mol. The first kappa shape index (κ1) is 16.1. The number of hydrogen-bond acceptors (Lipinski definition) is 2. The molecule has 4 nitrogen and oxygen atoms in total. The Morgan fingerprint density at radius 1 is 0.923 bits per heavy atom. The molecule has 128 valence electrons. The lowest BCUT2D eigenvalue weighted by Gasteiger charge is -2.11. The van der Waals surface area contributed by atoms with E-state index in [1.807, 2.05) is 72.8 Å². The molecule has 1 aliphatic heterocycles. The van der Waals surface area contributed by atoms with Crippen molar-refractivity contribution >= 4 is 23.2 Å². The molecule has 26 heavy (non-hydrogen) atoms. The molecule has 0 saturated heterocycles. The van der Waals surface area contributed by atoms with Gasteiger partial charge in [0.2, 0.25) is 5.91 Å². The molecule has 0 unspecified atom stereocenters. The number of nitrogens with one attached hydrogen (secondary N) is 1. The van der Waals surface area contributed by atoms with Crippen molar-refractivity contribution in [3.05, 3.63) is 83.9 Å². The number of benzene rings is 3. The van der Waals surface area contributed by atoms with Gasteiger partial charge in [-0.1, -0.05) is 42.5 Å². The standard InChI is InChI=1S/C22H18N2O2/c1-24-20-12-11-19(13-18(20)14-21(24)25)23-22(26)17-9-7-16(8-10-17)15-5-3-2-4-6-15/h2-13H,14H2,1H3,(H,23,26). The van der Waals surface area contributed by atoms with Crippen LogP contribution in [0.2, 0.25) is 0 Å². The topological polar surface area (TPSA) is 49.4 Å². The van der Waals surface area contributed by atoms with Crippen molar-refractivity contribution in [1.29, 1.82) is 0 Å². The lowest BCUT2D eigenvalue weighted by atomic mass is 10.0. The molecular formula is C22H18N2O2. The highest BCUT2D eigenvalue weighted by Gasteiger charge is 2.24. The van der Waals surface area contributed by atoms with Gasteiger partial charge in [-0.05, 0) is 47.0 Å². The van der Waals surface area contributed by atoms with Gasteiger partial charge in [0.25, 0.3) is 5.91 Å². The van der Waals surface area contributed by atoms with E-state index in [0.717, 1.165) is 22.4 Å². The molecule has 1 N–H and O–H groups in total. The zero-order valence-electron chi connectivity index (χ0n) is 14.4. The fraction of sp³-hybridized carbons (Fsp3) is 0.0909. The fourth-order valence-corrected chi connectivity index (χ4v) is 3.20. The molecule has 0 radical (unpaired) electrons. The summed E-state index contributed by atoms with van der Waals surface area (Å²) in [7, 11) is 1.76. The van der Waals surface area contributed by atoms with Crippen molar-refractivity contribution in [3.8, 4) is 11.1 Å². The largest absolute Gasteiger partial charge is 0.322 e. The zero-order valence-corrected chi connectivity index (χ0v) is 14.4. The van der Waals surface area contributed by atoms with Crippen LogP contribution in [-0.4, -0.2) is 18.9 Å². The monoisotopic (exact) mass is 342 g/mol. The van der Waals surface area contributed by atoms with Crippen molar-refractivity contribution in [2.24, 2.45) is 0 Å². The molecule has 3 aromatic rings. The molecule has 0 spiro atoms. The molecule has 0 bridgehead atoms. The maximum Gasteiger partial charge on any atom is 0.255 e. The predicted octanol–water partition coefficient (Wildman–Crippen LogP) is 4.12. The Bertz CT molecular complexity index is 979. The van der Waals surface area contributed by atoms with Crippen LogP contribution in [0, 0.1) is 0 Å². The highest BCUT2D eigenvalue weighted by molar-refractivity contribution is 6.06. The van der Waals surface area contributed by atoms with Crippen LogP contribution in [0.25, 0.3) is 11.1 Å². The second-order valence-electron chi connectivity index (χ2n) is 6.37. The minimum Gasteiger partial charge on any atom is -0.322 e. The third-order valence-electron chi connectivity index (χ3n) is 4.67. The van der Waals surface area contributed by atoms with E-state index in [1.54, 1.807) is 11.9 Å². The van der Waals surface area contributed by atoms with Crippen LogP contribution in [0.3, 0.4) is 0 Å². The second kappa shape index (κ2) is 6.48. The number of amides is 2. The van der Waals surface area contributed by atoms with E-state index in [2.05, 4.69) is 5.32 Å². The smallest absolute Gasteiger partial charge is 0.255 e.